The van der Waals surface area contributed by atoms with E-state index in [1.165, 1.54) is 5.69 Å². The maximum atomic E-state index is 11.6. The zero-order valence-electron chi connectivity index (χ0n) is 18.1. The molecule has 7 heteroatoms. The largest absolute Gasteiger partial charge is 0.372 e. The predicted molar refractivity (Wildman–Crippen MR) is 137 cm³/mol. The summed E-state index contributed by atoms with van der Waals surface area (Å²) in [5.74, 6) is 0.734. The number of guanidine groups is 1. The number of rotatable bonds is 10. The Morgan fingerprint density at radius 1 is 1.00 bits per heavy atom. The van der Waals surface area contributed by atoms with E-state index in [4.69, 9.17) is 0 Å². The number of halogens is 1. The lowest BCUT2D eigenvalue weighted by molar-refractivity contribution is 0.0963. The Balaban J connectivity index is 0.00000450. The van der Waals surface area contributed by atoms with E-state index in [1.807, 2.05) is 30.3 Å². The topological polar surface area (TPSA) is 68.8 Å². The highest BCUT2D eigenvalue weighted by Gasteiger charge is 2.04. The minimum atomic E-state index is -0.0771. The molecule has 30 heavy (non-hydrogen) atoms. The van der Waals surface area contributed by atoms with Crippen molar-refractivity contribution >= 4 is 41.5 Å². The standard InChI is InChI=1S/C23H33N5O.HI/c1-4-25-23(27-18-19-12-14-20(15-13-19)22(29)24-3)26-16-9-17-28(5-2)21-10-7-6-8-11-21;/h6-8,10-15H,4-5,9,16-18H2,1-3H3,(H,24,29)(H2,25,26,27);1H. The average Bonchev–Trinajstić information content (AvgIpc) is 2.77. The fraction of sp³-hybridized carbons (Fsp3) is 0.391. The number of nitrogens with one attached hydrogen (secondary N) is 3. The molecule has 3 N–H and O–H groups in total. The molecule has 6 nitrogen and oxygen atoms in total. The van der Waals surface area contributed by atoms with Crippen molar-refractivity contribution < 1.29 is 4.79 Å². The van der Waals surface area contributed by atoms with Crippen molar-refractivity contribution in [1.29, 1.82) is 0 Å². The minimum Gasteiger partial charge on any atom is -0.372 e. The summed E-state index contributed by atoms with van der Waals surface area (Å²) in [6.07, 6.45) is 1.02. The monoisotopic (exact) mass is 523 g/mol. The van der Waals surface area contributed by atoms with Gasteiger partial charge in [-0.05, 0) is 50.1 Å². The molecule has 0 aromatic heterocycles. The van der Waals surface area contributed by atoms with Gasteiger partial charge in [0, 0.05) is 44.5 Å². The van der Waals surface area contributed by atoms with Gasteiger partial charge in [-0.1, -0.05) is 30.3 Å². The third-order valence-corrected chi connectivity index (χ3v) is 4.61. The fourth-order valence-corrected chi connectivity index (χ4v) is 3.00. The summed E-state index contributed by atoms with van der Waals surface area (Å²) in [7, 11) is 1.63. The maximum absolute atomic E-state index is 11.6. The highest BCUT2D eigenvalue weighted by molar-refractivity contribution is 14.0. The molecule has 0 aliphatic carbocycles. The SMILES string of the molecule is CCNC(=NCc1ccc(C(=O)NC)cc1)NCCCN(CC)c1ccccc1.I. The van der Waals surface area contributed by atoms with Gasteiger partial charge in [0.1, 0.15) is 0 Å². The van der Waals surface area contributed by atoms with Crippen molar-refractivity contribution in [1.82, 2.24) is 16.0 Å². The molecule has 2 aromatic carbocycles. The van der Waals surface area contributed by atoms with Crippen LogP contribution in [0.2, 0.25) is 0 Å². The molecule has 2 aromatic rings. The molecule has 2 rings (SSSR count). The van der Waals surface area contributed by atoms with E-state index in [2.05, 4.69) is 64.0 Å². The number of anilines is 1. The Morgan fingerprint density at radius 2 is 1.70 bits per heavy atom. The summed E-state index contributed by atoms with van der Waals surface area (Å²) in [4.78, 5) is 18.6. The molecular weight excluding hydrogens is 489 g/mol. The first kappa shape index (κ1) is 25.7. The smallest absolute Gasteiger partial charge is 0.251 e. The molecule has 0 radical (unpaired) electrons. The van der Waals surface area contributed by atoms with Crippen LogP contribution in [-0.2, 0) is 6.54 Å². The van der Waals surface area contributed by atoms with Crippen molar-refractivity contribution in [3.05, 3.63) is 65.7 Å². The summed E-state index contributed by atoms with van der Waals surface area (Å²) in [5.41, 5.74) is 2.98. The molecule has 0 saturated carbocycles. The Morgan fingerprint density at radius 3 is 2.30 bits per heavy atom. The van der Waals surface area contributed by atoms with Crippen LogP contribution in [0.5, 0.6) is 0 Å². The molecule has 0 aliphatic heterocycles. The molecule has 0 atom stereocenters. The lowest BCUT2D eigenvalue weighted by Gasteiger charge is -2.23. The first-order chi connectivity index (χ1) is 14.2. The van der Waals surface area contributed by atoms with Gasteiger partial charge in [-0.2, -0.15) is 0 Å². The van der Waals surface area contributed by atoms with Crippen molar-refractivity contribution in [3.8, 4) is 0 Å². The number of para-hydroxylation sites is 1. The van der Waals surface area contributed by atoms with Crippen LogP contribution < -0.4 is 20.9 Å². The number of benzene rings is 2. The lowest BCUT2D eigenvalue weighted by Crippen LogP contribution is -2.38. The summed E-state index contributed by atoms with van der Waals surface area (Å²) in [6, 6.07) is 18.0. The van der Waals surface area contributed by atoms with E-state index in [-0.39, 0.29) is 29.9 Å². The average molecular weight is 523 g/mol. The van der Waals surface area contributed by atoms with Crippen LogP contribution >= 0.6 is 24.0 Å². The van der Waals surface area contributed by atoms with Crippen LogP contribution in [0.1, 0.15) is 36.2 Å². The summed E-state index contributed by atoms with van der Waals surface area (Å²) in [6.45, 7) is 8.45. The van der Waals surface area contributed by atoms with E-state index < -0.39 is 0 Å². The second-order valence-corrected chi connectivity index (χ2v) is 6.67. The van der Waals surface area contributed by atoms with E-state index in [1.54, 1.807) is 7.05 Å². The molecular formula is C23H34IN5O. The molecule has 0 heterocycles. The van der Waals surface area contributed by atoms with Crippen molar-refractivity contribution in [3.63, 3.8) is 0 Å². The van der Waals surface area contributed by atoms with Gasteiger partial charge in [0.25, 0.3) is 5.91 Å². The highest BCUT2D eigenvalue weighted by Crippen LogP contribution is 2.12. The zero-order chi connectivity index (χ0) is 20.9. The van der Waals surface area contributed by atoms with Crippen molar-refractivity contribution in [2.75, 3.05) is 38.1 Å². The maximum Gasteiger partial charge on any atom is 0.251 e. The first-order valence-corrected chi connectivity index (χ1v) is 10.3. The third-order valence-electron chi connectivity index (χ3n) is 4.61. The van der Waals surface area contributed by atoms with Gasteiger partial charge < -0.3 is 20.9 Å². The van der Waals surface area contributed by atoms with Crippen molar-refractivity contribution in [2.45, 2.75) is 26.8 Å². The van der Waals surface area contributed by atoms with Crippen LogP contribution in [0.15, 0.2) is 59.6 Å². The molecule has 0 aliphatic rings. The Bertz CT molecular complexity index is 765. The number of amides is 1. The molecule has 0 saturated heterocycles. The molecule has 0 bridgehead atoms. The molecule has 0 spiro atoms. The van der Waals surface area contributed by atoms with E-state index >= 15 is 0 Å². The number of aliphatic imine (C=N–C) groups is 1. The number of carbonyl (C=O) groups excluding carboxylic acids is 1. The van der Waals surface area contributed by atoms with E-state index in [0.717, 1.165) is 44.1 Å². The zero-order valence-corrected chi connectivity index (χ0v) is 20.5. The van der Waals surface area contributed by atoms with Crippen LogP contribution in [0.3, 0.4) is 0 Å². The number of carbonyl (C=O) groups is 1. The van der Waals surface area contributed by atoms with Crippen LogP contribution in [0.4, 0.5) is 5.69 Å². The molecule has 0 unspecified atom stereocenters. The van der Waals surface area contributed by atoms with Gasteiger partial charge in [0.05, 0.1) is 6.54 Å². The fourth-order valence-electron chi connectivity index (χ4n) is 3.00. The van der Waals surface area contributed by atoms with Crippen LogP contribution in [0, 0.1) is 0 Å². The Hall–Kier alpha value is -2.29. The van der Waals surface area contributed by atoms with E-state index in [0.29, 0.717) is 12.1 Å². The van der Waals surface area contributed by atoms with Gasteiger partial charge in [-0.15, -0.1) is 24.0 Å². The molecule has 1 amide bonds. The minimum absolute atomic E-state index is 0. The van der Waals surface area contributed by atoms with Gasteiger partial charge in [0.15, 0.2) is 5.96 Å². The quantitative estimate of drug-likeness (QED) is 0.193. The third kappa shape index (κ3) is 8.61. The van der Waals surface area contributed by atoms with Gasteiger partial charge in [0.2, 0.25) is 0 Å². The normalized spacial score (nSPS) is 10.7. The highest BCUT2D eigenvalue weighted by atomic mass is 127. The van der Waals surface area contributed by atoms with Crippen LogP contribution in [0.25, 0.3) is 0 Å². The van der Waals surface area contributed by atoms with Crippen molar-refractivity contribution in [2.24, 2.45) is 4.99 Å². The number of hydrogen-bond donors (Lipinski definition) is 3. The second kappa shape index (κ2) is 14.7. The first-order valence-electron chi connectivity index (χ1n) is 10.3. The Kier molecular flexibility index (Phi) is 12.6. The number of nitrogens with zero attached hydrogens (tertiary/aromatic N) is 2. The van der Waals surface area contributed by atoms with Crippen LogP contribution in [-0.4, -0.2) is 45.1 Å². The van der Waals surface area contributed by atoms with Gasteiger partial charge >= 0.3 is 0 Å². The lowest BCUT2D eigenvalue weighted by atomic mass is 10.1. The summed E-state index contributed by atoms with van der Waals surface area (Å²) in [5, 5.41) is 9.32. The predicted octanol–water partition coefficient (Wildman–Crippen LogP) is 3.64. The van der Waals surface area contributed by atoms with E-state index in [9.17, 15) is 4.79 Å². The summed E-state index contributed by atoms with van der Waals surface area (Å²) < 4.78 is 0. The second-order valence-electron chi connectivity index (χ2n) is 6.67. The van der Waals surface area contributed by atoms with Gasteiger partial charge in [-0.3, -0.25) is 4.79 Å². The molecule has 164 valence electrons. The van der Waals surface area contributed by atoms with Gasteiger partial charge in [-0.25, -0.2) is 4.99 Å². The Labute approximate surface area is 197 Å². The number of hydrogen-bond acceptors (Lipinski definition) is 3. The molecule has 0 fully saturated rings. The summed E-state index contributed by atoms with van der Waals surface area (Å²) >= 11 is 0.